The van der Waals surface area contributed by atoms with Crippen LogP contribution < -0.4 is 5.32 Å². The van der Waals surface area contributed by atoms with Crippen LogP contribution in [0, 0.1) is 0 Å². The predicted octanol–water partition coefficient (Wildman–Crippen LogP) is 4.48. The van der Waals surface area contributed by atoms with Crippen LogP contribution in [-0.2, 0) is 6.54 Å². The molecule has 1 aliphatic carbocycles. The van der Waals surface area contributed by atoms with E-state index in [1.807, 2.05) is 60.7 Å². The van der Waals surface area contributed by atoms with E-state index >= 15 is 0 Å². The summed E-state index contributed by atoms with van der Waals surface area (Å²) in [5.41, 5.74) is 5.21. The highest BCUT2D eigenvalue weighted by atomic mass is 16.4. The van der Waals surface area contributed by atoms with Crippen LogP contribution in [0.15, 0.2) is 78.9 Å². The van der Waals surface area contributed by atoms with E-state index in [0.717, 1.165) is 27.8 Å². The summed E-state index contributed by atoms with van der Waals surface area (Å²) in [4.78, 5) is 11.8. The van der Waals surface area contributed by atoms with Gasteiger partial charge in [0, 0.05) is 12.1 Å². The Hall–Kier alpha value is -3.37. The number of carboxylic acid groups (broad SMARTS) is 1. The maximum absolute atomic E-state index is 11.8. The minimum absolute atomic E-state index is 0.211. The molecule has 0 saturated heterocycles. The topological polar surface area (TPSA) is 69.6 Å². The van der Waals surface area contributed by atoms with Gasteiger partial charge < -0.3 is 15.5 Å². The first-order valence-electron chi connectivity index (χ1n) is 8.79. The number of benzene rings is 3. The van der Waals surface area contributed by atoms with Gasteiger partial charge in [-0.15, -0.1) is 0 Å². The fourth-order valence-corrected chi connectivity index (χ4v) is 3.50. The van der Waals surface area contributed by atoms with Gasteiger partial charge in [0.1, 0.15) is 0 Å². The molecule has 4 rings (SSSR count). The van der Waals surface area contributed by atoms with Crippen molar-refractivity contribution in [3.05, 3.63) is 107 Å². The van der Waals surface area contributed by atoms with E-state index in [1.165, 1.54) is 0 Å². The van der Waals surface area contributed by atoms with Crippen molar-refractivity contribution in [3.63, 3.8) is 0 Å². The Labute approximate surface area is 157 Å². The molecule has 1 atom stereocenters. The zero-order valence-corrected chi connectivity index (χ0v) is 14.6. The van der Waals surface area contributed by atoms with Crippen LogP contribution in [0.5, 0.6) is 0 Å². The standard InChI is InChI=1S/C23H19NO3/c25-21-13-20(16-9-4-5-10-17(16)21)18-11-6-12-19(23(26)27)22(18)24-14-15-7-2-1-3-8-15/h1-13,21,24-25H,14H2,(H,26,27). The third-order valence-electron chi connectivity index (χ3n) is 4.79. The van der Waals surface area contributed by atoms with Gasteiger partial charge in [-0.1, -0.05) is 66.7 Å². The van der Waals surface area contributed by atoms with Gasteiger partial charge in [-0.2, -0.15) is 0 Å². The van der Waals surface area contributed by atoms with E-state index in [9.17, 15) is 15.0 Å². The number of anilines is 1. The lowest BCUT2D eigenvalue weighted by molar-refractivity contribution is 0.0698. The van der Waals surface area contributed by atoms with Gasteiger partial charge in [-0.05, 0) is 34.4 Å². The number of carbonyl (C=O) groups is 1. The molecule has 3 N–H and O–H groups in total. The molecule has 0 fully saturated rings. The Bertz CT molecular complexity index is 1020. The number of carboxylic acids is 1. The van der Waals surface area contributed by atoms with Crippen LogP contribution in [0.25, 0.3) is 5.57 Å². The van der Waals surface area contributed by atoms with Crippen molar-refractivity contribution in [2.75, 3.05) is 5.32 Å². The number of aliphatic hydroxyl groups is 1. The zero-order valence-electron chi connectivity index (χ0n) is 14.6. The van der Waals surface area contributed by atoms with Gasteiger partial charge in [-0.25, -0.2) is 4.79 Å². The molecule has 0 heterocycles. The highest BCUT2D eigenvalue weighted by Crippen LogP contribution is 2.41. The number of hydrogen-bond acceptors (Lipinski definition) is 3. The first-order valence-corrected chi connectivity index (χ1v) is 8.79. The number of para-hydroxylation sites is 1. The Morgan fingerprint density at radius 2 is 1.59 bits per heavy atom. The van der Waals surface area contributed by atoms with E-state index in [-0.39, 0.29) is 5.56 Å². The van der Waals surface area contributed by atoms with Crippen molar-refractivity contribution in [1.29, 1.82) is 0 Å². The molecule has 4 heteroatoms. The Balaban J connectivity index is 1.78. The van der Waals surface area contributed by atoms with Crippen LogP contribution in [-0.4, -0.2) is 16.2 Å². The molecule has 1 unspecified atom stereocenters. The number of nitrogens with one attached hydrogen (secondary N) is 1. The minimum atomic E-state index is -0.986. The lowest BCUT2D eigenvalue weighted by atomic mass is 9.95. The second-order valence-corrected chi connectivity index (χ2v) is 6.48. The average Bonchev–Trinajstić information content (AvgIpc) is 3.03. The first-order chi connectivity index (χ1) is 13.1. The monoisotopic (exact) mass is 357 g/mol. The van der Waals surface area contributed by atoms with Gasteiger partial charge in [-0.3, -0.25) is 0 Å². The van der Waals surface area contributed by atoms with Crippen LogP contribution in [0.1, 0.15) is 38.7 Å². The smallest absolute Gasteiger partial charge is 0.337 e. The summed E-state index contributed by atoms with van der Waals surface area (Å²) in [6.45, 7) is 0.510. The second kappa shape index (κ2) is 7.09. The molecule has 0 amide bonds. The summed E-state index contributed by atoms with van der Waals surface area (Å²) < 4.78 is 0. The molecule has 0 aromatic heterocycles. The molecule has 0 spiro atoms. The summed E-state index contributed by atoms with van der Waals surface area (Å²) in [5, 5.41) is 23.3. The molecule has 3 aromatic rings. The van der Waals surface area contributed by atoms with Crippen LogP contribution in [0.3, 0.4) is 0 Å². The number of aromatic carboxylic acids is 1. The average molecular weight is 357 g/mol. The van der Waals surface area contributed by atoms with Gasteiger partial charge in [0.2, 0.25) is 0 Å². The van der Waals surface area contributed by atoms with Crippen molar-refractivity contribution in [2.45, 2.75) is 12.6 Å². The minimum Gasteiger partial charge on any atom is -0.478 e. The Morgan fingerprint density at radius 3 is 2.37 bits per heavy atom. The van der Waals surface area contributed by atoms with E-state index in [0.29, 0.717) is 12.2 Å². The highest BCUT2D eigenvalue weighted by Gasteiger charge is 2.25. The second-order valence-electron chi connectivity index (χ2n) is 6.48. The fraction of sp³-hybridized carbons (Fsp3) is 0.0870. The van der Waals surface area contributed by atoms with Gasteiger partial charge >= 0.3 is 5.97 Å². The quantitative estimate of drug-likeness (QED) is 0.630. The normalized spacial score (nSPS) is 15.1. The Morgan fingerprint density at radius 1 is 0.889 bits per heavy atom. The van der Waals surface area contributed by atoms with Gasteiger partial charge in [0.25, 0.3) is 0 Å². The zero-order chi connectivity index (χ0) is 18.8. The summed E-state index contributed by atoms with van der Waals surface area (Å²) in [5.74, 6) is -0.986. The molecule has 134 valence electrons. The van der Waals surface area contributed by atoms with E-state index in [1.54, 1.807) is 18.2 Å². The third-order valence-corrected chi connectivity index (χ3v) is 4.79. The molecule has 1 aliphatic rings. The molecule has 27 heavy (non-hydrogen) atoms. The van der Waals surface area contributed by atoms with Gasteiger partial charge in [0.15, 0.2) is 0 Å². The predicted molar refractivity (Wildman–Crippen MR) is 106 cm³/mol. The molecule has 0 radical (unpaired) electrons. The molecular formula is C23H19NO3. The SMILES string of the molecule is O=C(O)c1cccc(C2=CC(O)c3ccccc32)c1NCc1ccccc1. The molecular weight excluding hydrogens is 338 g/mol. The van der Waals surface area contributed by atoms with E-state index in [2.05, 4.69) is 5.32 Å². The van der Waals surface area contributed by atoms with Crippen LogP contribution in [0.2, 0.25) is 0 Å². The maximum Gasteiger partial charge on any atom is 0.337 e. The molecule has 0 aliphatic heterocycles. The molecule has 0 saturated carbocycles. The molecule has 0 bridgehead atoms. The van der Waals surface area contributed by atoms with Crippen molar-refractivity contribution < 1.29 is 15.0 Å². The lowest BCUT2D eigenvalue weighted by Gasteiger charge is -2.16. The first kappa shape index (κ1) is 17.1. The highest BCUT2D eigenvalue weighted by molar-refractivity contribution is 6.00. The maximum atomic E-state index is 11.8. The molecule has 4 nitrogen and oxygen atoms in total. The van der Waals surface area contributed by atoms with Crippen LogP contribution in [0.4, 0.5) is 5.69 Å². The summed E-state index contributed by atoms with van der Waals surface area (Å²) in [6.07, 6.45) is 1.09. The Kier molecular flexibility index (Phi) is 4.48. The van der Waals surface area contributed by atoms with E-state index < -0.39 is 12.1 Å². The molecule has 3 aromatic carbocycles. The van der Waals surface area contributed by atoms with Crippen molar-refractivity contribution in [2.24, 2.45) is 0 Å². The summed E-state index contributed by atoms with van der Waals surface area (Å²) in [6, 6.07) is 22.7. The number of hydrogen-bond donors (Lipinski definition) is 3. The largest absolute Gasteiger partial charge is 0.478 e. The summed E-state index contributed by atoms with van der Waals surface area (Å²) in [7, 11) is 0. The van der Waals surface area contributed by atoms with Crippen molar-refractivity contribution in [3.8, 4) is 0 Å². The number of fused-ring (bicyclic) bond motifs is 1. The van der Waals surface area contributed by atoms with Crippen LogP contribution >= 0.6 is 0 Å². The number of rotatable bonds is 5. The lowest BCUT2D eigenvalue weighted by Crippen LogP contribution is -2.09. The fourth-order valence-electron chi connectivity index (χ4n) is 3.50. The van der Waals surface area contributed by atoms with E-state index in [4.69, 9.17) is 0 Å². The van der Waals surface area contributed by atoms with Crippen molar-refractivity contribution in [1.82, 2.24) is 0 Å². The number of aliphatic hydroxyl groups excluding tert-OH is 1. The summed E-state index contributed by atoms with van der Waals surface area (Å²) >= 11 is 0. The van der Waals surface area contributed by atoms with Crippen molar-refractivity contribution >= 4 is 17.2 Å². The third kappa shape index (κ3) is 3.23. The van der Waals surface area contributed by atoms with Gasteiger partial charge in [0.05, 0.1) is 17.4 Å².